The summed E-state index contributed by atoms with van der Waals surface area (Å²) in [5.41, 5.74) is 0.394. The van der Waals surface area contributed by atoms with Gasteiger partial charge in [0.15, 0.2) is 15.2 Å². The molecule has 2 unspecified atom stereocenters. The first-order valence-electron chi connectivity index (χ1n) is 7.70. The van der Waals surface area contributed by atoms with E-state index in [0.29, 0.717) is 12.1 Å². The number of aliphatic hydroxyl groups is 1. The van der Waals surface area contributed by atoms with Gasteiger partial charge in [-0.25, -0.2) is 4.68 Å². The first-order chi connectivity index (χ1) is 11.0. The fourth-order valence-electron chi connectivity index (χ4n) is 2.23. The Morgan fingerprint density at radius 1 is 1.08 bits per heavy atom. The molecule has 0 radical (unpaired) electrons. The molecule has 0 aliphatic rings. The van der Waals surface area contributed by atoms with E-state index in [0.717, 1.165) is 43.2 Å². The molecule has 0 amide bonds. The van der Waals surface area contributed by atoms with Crippen LogP contribution in [0.4, 0.5) is 0 Å². The van der Waals surface area contributed by atoms with Crippen LogP contribution >= 0.6 is 15.2 Å². The van der Waals surface area contributed by atoms with E-state index in [1.54, 1.807) is 0 Å². The summed E-state index contributed by atoms with van der Waals surface area (Å²) in [4.78, 5) is 40.5. The Labute approximate surface area is 197 Å². The van der Waals surface area contributed by atoms with Crippen molar-refractivity contribution in [2.24, 2.45) is 0 Å². The maximum atomic E-state index is 11.2. The molecule has 1 aromatic heterocycles. The van der Waals surface area contributed by atoms with Gasteiger partial charge in [-0.05, 0) is 12.8 Å². The van der Waals surface area contributed by atoms with Crippen LogP contribution in [0.5, 0.6) is 0 Å². The van der Waals surface area contributed by atoms with E-state index in [1.807, 2.05) is 0 Å². The van der Waals surface area contributed by atoms with E-state index in [-0.39, 0.29) is 59.1 Å². The van der Waals surface area contributed by atoms with Crippen molar-refractivity contribution in [2.45, 2.75) is 63.5 Å². The van der Waals surface area contributed by atoms with E-state index >= 15 is 0 Å². The van der Waals surface area contributed by atoms with E-state index in [9.17, 15) is 24.0 Å². The molecule has 2 atom stereocenters. The maximum Gasteiger partial charge on any atom is 1.00 e. The van der Waals surface area contributed by atoms with Gasteiger partial charge in [0, 0.05) is 0 Å². The first-order valence-corrected chi connectivity index (χ1v) is 10.9. The summed E-state index contributed by atoms with van der Waals surface area (Å²) in [5.74, 6) is 0. The molecule has 0 fully saturated rings. The molecule has 140 valence electrons. The standard InChI is InChI=1S/C12H25N3O7P2.2Na/c1-2-3-4-5-6-7-8-11-9-13-14-15(11)10-12(16,23(17,18)19)24(20,21)22;;/h9,16H,2-8,10H2,1H3,(H2,17,18,19)(H2,20,21,22);;/q;2*+1/p-2. The Kier molecular flexibility index (Phi) is 14.6. The van der Waals surface area contributed by atoms with Gasteiger partial charge in [0.25, 0.3) is 0 Å². The summed E-state index contributed by atoms with van der Waals surface area (Å²) in [5, 5.41) is 13.1. The van der Waals surface area contributed by atoms with Gasteiger partial charge >= 0.3 is 59.1 Å². The quantitative estimate of drug-likeness (QED) is 0.176. The third-order valence-corrected chi connectivity index (χ3v) is 7.36. The van der Waals surface area contributed by atoms with Crippen molar-refractivity contribution >= 4 is 15.2 Å². The molecule has 0 aliphatic heterocycles. The Morgan fingerprint density at radius 2 is 1.58 bits per heavy atom. The number of unbranched alkanes of at least 4 members (excludes halogenated alkanes) is 5. The Morgan fingerprint density at radius 3 is 2.08 bits per heavy atom. The summed E-state index contributed by atoms with van der Waals surface area (Å²) in [6.45, 7) is 0.948. The second-order valence-electron chi connectivity index (χ2n) is 5.72. The second kappa shape index (κ2) is 12.9. The topological polar surface area (TPSA) is 172 Å². The SMILES string of the molecule is CCCCCCCCc1cnnn1CC(O)(P(=O)([O-])O)P(=O)([O-])O.[Na+].[Na+]. The molecule has 14 heteroatoms. The normalized spacial score (nSPS) is 17.9. The van der Waals surface area contributed by atoms with Gasteiger partial charge in [-0.3, -0.25) is 0 Å². The number of aromatic nitrogens is 3. The molecule has 0 bridgehead atoms. The van der Waals surface area contributed by atoms with Crippen LogP contribution in [0.1, 0.15) is 51.1 Å². The zero-order valence-electron chi connectivity index (χ0n) is 15.4. The molecular weight excluding hydrogens is 406 g/mol. The molecule has 0 spiro atoms. The fraction of sp³-hybridized carbons (Fsp3) is 0.833. The minimum Gasteiger partial charge on any atom is -0.776 e. The van der Waals surface area contributed by atoms with Gasteiger partial charge in [0.2, 0.25) is 5.08 Å². The average molecular weight is 429 g/mol. The van der Waals surface area contributed by atoms with Crippen LogP contribution in [0, 0.1) is 0 Å². The Bertz CT molecular complexity index is 598. The maximum absolute atomic E-state index is 11.2. The Balaban J connectivity index is 0. The summed E-state index contributed by atoms with van der Waals surface area (Å²) in [6.07, 6.45) is 7.86. The van der Waals surface area contributed by atoms with Crippen LogP contribution < -0.4 is 68.9 Å². The summed E-state index contributed by atoms with van der Waals surface area (Å²) in [7, 11) is -11.6. The zero-order chi connectivity index (χ0) is 18.4. The summed E-state index contributed by atoms with van der Waals surface area (Å²) < 4.78 is 23.3. The van der Waals surface area contributed by atoms with E-state index < -0.39 is 26.8 Å². The molecule has 1 aromatic rings. The molecule has 26 heavy (non-hydrogen) atoms. The van der Waals surface area contributed by atoms with Crippen LogP contribution in [-0.2, 0) is 22.1 Å². The van der Waals surface area contributed by atoms with Crippen molar-refractivity contribution in [3.63, 3.8) is 0 Å². The Hall–Kier alpha value is 1.40. The van der Waals surface area contributed by atoms with Crippen molar-refractivity contribution in [1.29, 1.82) is 0 Å². The predicted molar refractivity (Wildman–Crippen MR) is 81.7 cm³/mol. The van der Waals surface area contributed by atoms with Crippen molar-refractivity contribution in [3.8, 4) is 0 Å². The van der Waals surface area contributed by atoms with Gasteiger partial charge in [0.05, 0.1) is 18.4 Å². The van der Waals surface area contributed by atoms with Gasteiger partial charge in [0.1, 0.15) is 0 Å². The van der Waals surface area contributed by atoms with E-state index in [1.165, 1.54) is 6.20 Å². The molecule has 0 aromatic carbocycles. The minimum absolute atomic E-state index is 0. The van der Waals surface area contributed by atoms with Crippen LogP contribution in [0.25, 0.3) is 0 Å². The molecule has 10 nitrogen and oxygen atoms in total. The number of hydrogen-bond acceptors (Lipinski definition) is 7. The summed E-state index contributed by atoms with van der Waals surface area (Å²) in [6, 6.07) is 0. The van der Waals surface area contributed by atoms with Crippen LogP contribution in [0.2, 0.25) is 0 Å². The third-order valence-electron chi connectivity index (χ3n) is 3.75. The van der Waals surface area contributed by atoms with Crippen molar-refractivity contribution in [2.75, 3.05) is 0 Å². The molecule has 0 saturated carbocycles. The van der Waals surface area contributed by atoms with Crippen LogP contribution in [0.3, 0.4) is 0 Å². The van der Waals surface area contributed by atoms with Crippen LogP contribution in [-0.4, -0.2) is 35.0 Å². The second-order valence-corrected chi connectivity index (χ2v) is 9.63. The zero-order valence-corrected chi connectivity index (χ0v) is 21.2. The summed E-state index contributed by atoms with van der Waals surface area (Å²) >= 11 is 0. The number of hydrogen-bond donors (Lipinski definition) is 3. The van der Waals surface area contributed by atoms with E-state index in [2.05, 4.69) is 17.2 Å². The smallest absolute Gasteiger partial charge is 0.776 e. The number of rotatable bonds is 11. The molecular formula is C12H23N3Na2O7P2. The van der Waals surface area contributed by atoms with Crippen molar-refractivity contribution < 1.29 is 92.9 Å². The minimum atomic E-state index is -5.82. The molecule has 1 heterocycles. The van der Waals surface area contributed by atoms with Gasteiger partial charge in [-0.1, -0.05) is 44.2 Å². The largest absolute Gasteiger partial charge is 1.00 e. The molecule has 0 aliphatic carbocycles. The van der Waals surface area contributed by atoms with Crippen molar-refractivity contribution in [3.05, 3.63) is 11.9 Å². The number of nitrogens with zero attached hydrogens (tertiary/aromatic N) is 3. The monoisotopic (exact) mass is 429 g/mol. The number of aryl methyl sites for hydroxylation is 1. The third kappa shape index (κ3) is 8.41. The van der Waals surface area contributed by atoms with Crippen molar-refractivity contribution in [1.82, 2.24) is 15.0 Å². The van der Waals surface area contributed by atoms with Gasteiger partial charge in [-0.2, -0.15) is 0 Å². The fourth-order valence-corrected chi connectivity index (χ4v) is 4.13. The predicted octanol–water partition coefficient (Wildman–Crippen LogP) is -6.07. The van der Waals surface area contributed by atoms with Gasteiger partial charge < -0.3 is 33.8 Å². The first kappa shape index (κ1) is 29.6. The van der Waals surface area contributed by atoms with Gasteiger partial charge in [-0.15, -0.1) is 5.10 Å². The molecule has 3 N–H and O–H groups in total. The van der Waals surface area contributed by atoms with Crippen LogP contribution in [0.15, 0.2) is 6.20 Å². The molecule has 1 rings (SSSR count). The van der Waals surface area contributed by atoms with E-state index in [4.69, 9.17) is 9.79 Å². The molecule has 0 saturated heterocycles. The average Bonchev–Trinajstić information content (AvgIpc) is 2.87.